The number of ether oxygens (including phenoxy) is 1. The molecule has 0 radical (unpaired) electrons. The molecule has 0 aliphatic heterocycles. The van der Waals surface area contributed by atoms with Crippen molar-refractivity contribution in [2.45, 2.75) is 31.7 Å². The molecule has 4 nitrogen and oxygen atoms in total. The fourth-order valence-electron chi connectivity index (χ4n) is 2.72. The number of nitrogens with two attached hydrogens (primary N) is 1. The number of hydrogen-bond acceptors (Lipinski definition) is 4. The monoisotopic (exact) mass is 230 g/mol. The Balaban J connectivity index is 2.51. The van der Waals surface area contributed by atoms with Gasteiger partial charge in [0.05, 0.1) is 13.2 Å². The molecule has 0 aromatic heterocycles. The third-order valence-corrected chi connectivity index (χ3v) is 3.61. The van der Waals surface area contributed by atoms with Gasteiger partial charge in [-0.15, -0.1) is 0 Å². The van der Waals surface area contributed by atoms with Crippen molar-refractivity contribution >= 4 is 0 Å². The van der Waals surface area contributed by atoms with E-state index < -0.39 is 0 Å². The highest BCUT2D eigenvalue weighted by Gasteiger charge is 2.28. The Morgan fingerprint density at radius 1 is 1.31 bits per heavy atom. The highest BCUT2D eigenvalue weighted by atomic mass is 16.5. The molecule has 1 rings (SSSR count). The van der Waals surface area contributed by atoms with E-state index in [2.05, 4.69) is 4.90 Å². The largest absolute Gasteiger partial charge is 0.395 e. The van der Waals surface area contributed by atoms with Gasteiger partial charge in [-0.05, 0) is 25.3 Å². The summed E-state index contributed by atoms with van der Waals surface area (Å²) < 4.78 is 5.12. The molecule has 1 aliphatic rings. The molecule has 96 valence electrons. The average Bonchev–Trinajstić information content (AvgIpc) is 2.34. The Morgan fingerprint density at radius 2 is 2.06 bits per heavy atom. The summed E-state index contributed by atoms with van der Waals surface area (Å²) in [5.74, 6) is 0.595. The molecular formula is C12H26N2O2. The van der Waals surface area contributed by atoms with Crippen LogP contribution in [0.15, 0.2) is 0 Å². The van der Waals surface area contributed by atoms with Crippen LogP contribution in [0.25, 0.3) is 0 Å². The summed E-state index contributed by atoms with van der Waals surface area (Å²) in [7, 11) is 1.72. The zero-order chi connectivity index (χ0) is 11.8. The lowest BCUT2D eigenvalue weighted by Crippen LogP contribution is -2.47. The van der Waals surface area contributed by atoms with E-state index in [0.29, 0.717) is 12.0 Å². The minimum absolute atomic E-state index is 0.220. The molecule has 0 aromatic rings. The molecule has 0 spiro atoms. The Morgan fingerprint density at radius 3 is 2.69 bits per heavy atom. The van der Waals surface area contributed by atoms with E-state index in [0.717, 1.165) is 26.2 Å². The van der Waals surface area contributed by atoms with Crippen molar-refractivity contribution in [3.8, 4) is 0 Å². The van der Waals surface area contributed by atoms with Crippen molar-refractivity contribution in [2.75, 3.05) is 40.0 Å². The Bertz CT molecular complexity index is 178. The van der Waals surface area contributed by atoms with Gasteiger partial charge >= 0.3 is 0 Å². The fourth-order valence-corrected chi connectivity index (χ4v) is 2.72. The van der Waals surface area contributed by atoms with E-state index in [9.17, 15) is 0 Å². The van der Waals surface area contributed by atoms with E-state index in [1.165, 1.54) is 25.7 Å². The van der Waals surface area contributed by atoms with Crippen molar-refractivity contribution in [1.82, 2.24) is 4.90 Å². The summed E-state index contributed by atoms with van der Waals surface area (Å²) in [5.41, 5.74) is 5.84. The number of nitrogens with zero attached hydrogens (tertiary/aromatic N) is 1. The summed E-state index contributed by atoms with van der Waals surface area (Å²) >= 11 is 0. The molecule has 1 fully saturated rings. The second-order valence-corrected chi connectivity index (χ2v) is 4.60. The number of hydrogen-bond donors (Lipinski definition) is 2. The Labute approximate surface area is 98.8 Å². The minimum atomic E-state index is 0.220. The number of rotatable bonds is 7. The van der Waals surface area contributed by atoms with E-state index >= 15 is 0 Å². The lowest BCUT2D eigenvalue weighted by atomic mass is 9.83. The maximum absolute atomic E-state index is 9.11. The van der Waals surface area contributed by atoms with Crippen LogP contribution in [0.1, 0.15) is 25.7 Å². The van der Waals surface area contributed by atoms with Crippen LogP contribution < -0.4 is 5.73 Å². The van der Waals surface area contributed by atoms with Crippen LogP contribution >= 0.6 is 0 Å². The molecule has 0 bridgehead atoms. The van der Waals surface area contributed by atoms with Crippen molar-refractivity contribution in [1.29, 1.82) is 0 Å². The van der Waals surface area contributed by atoms with Gasteiger partial charge in [-0.25, -0.2) is 0 Å². The van der Waals surface area contributed by atoms with Crippen LogP contribution in [0.2, 0.25) is 0 Å². The van der Waals surface area contributed by atoms with Gasteiger partial charge in [0.15, 0.2) is 0 Å². The highest BCUT2D eigenvalue weighted by molar-refractivity contribution is 4.83. The molecular weight excluding hydrogens is 204 g/mol. The van der Waals surface area contributed by atoms with E-state index in [-0.39, 0.29) is 6.61 Å². The molecule has 16 heavy (non-hydrogen) atoms. The maximum Gasteiger partial charge on any atom is 0.0589 e. The molecule has 0 heterocycles. The molecule has 1 aliphatic carbocycles. The van der Waals surface area contributed by atoms with Gasteiger partial charge in [-0.2, -0.15) is 0 Å². The Kier molecular flexibility index (Phi) is 6.96. The fraction of sp³-hybridized carbons (Fsp3) is 1.00. The van der Waals surface area contributed by atoms with E-state index in [1.807, 2.05) is 0 Å². The van der Waals surface area contributed by atoms with E-state index in [1.54, 1.807) is 7.11 Å². The standard InChI is InChI=1S/C12H26N2O2/c1-16-9-7-14(6-8-15)12-5-3-2-4-11(12)10-13/h11-12,15H,2-10,13H2,1H3. The normalized spacial score (nSPS) is 26.2. The van der Waals surface area contributed by atoms with Crippen LogP contribution in [-0.2, 0) is 4.74 Å². The van der Waals surface area contributed by atoms with Crippen molar-refractivity contribution in [3.63, 3.8) is 0 Å². The van der Waals surface area contributed by atoms with Crippen molar-refractivity contribution in [3.05, 3.63) is 0 Å². The van der Waals surface area contributed by atoms with Gasteiger partial charge in [0.1, 0.15) is 0 Å². The van der Waals surface area contributed by atoms with Gasteiger partial charge in [-0.3, -0.25) is 4.90 Å². The molecule has 3 N–H and O–H groups in total. The lowest BCUT2D eigenvalue weighted by Gasteiger charge is -2.39. The minimum Gasteiger partial charge on any atom is -0.395 e. The zero-order valence-corrected chi connectivity index (χ0v) is 10.4. The number of aliphatic hydroxyl groups excluding tert-OH is 1. The van der Waals surface area contributed by atoms with Crippen LogP contribution in [-0.4, -0.2) is 56.0 Å². The highest BCUT2D eigenvalue weighted by Crippen LogP contribution is 2.27. The van der Waals surface area contributed by atoms with Gasteiger partial charge < -0.3 is 15.6 Å². The van der Waals surface area contributed by atoms with Gasteiger partial charge in [-0.1, -0.05) is 12.8 Å². The van der Waals surface area contributed by atoms with Crippen LogP contribution in [0.5, 0.6) is 0 Å². The van der Waals surface area contributed by atoms with E-state index in [4.69, 9.17) is 15.6 Å². The summed E-state index contributed by atoms with van der Waals surface area (Å²) in [6, 6.07) is 0.543. The number of methoxy groups -OCH3 is 1. The number of aliphatic hydroxyl groups is 1. The molecule has 4 heteroatoms. The maximum atomic E-state index is 9.11. The smallest absolute Gasteiger partial charge is 0.0589 e. The third kappa shape index (κ3) is 4.01. The first-order valence-electron chi connectivity index (χ1n) is 6.37. The summed E-state index contributed by atoms with van der Waals surface area (Å²) in [6.07, 6.45) is 5.04. The van der Waals surface area contributed by atoms with Crippen molar-refractivity contribution in [2.24, 2.45) is 11.7 Å². The molecule has 2 unspecified atom stereocenters. The molecule has 0 saturated heterocycles. The predicted molar refractivity (Wildman–Crippen MR) is 65.3 cm³/mol. The first-order valence-corrected chi connectivity index (χ1v) is 6.37. The first-order chi connectivity index (χ1) is 7.83. The summed E-state index contributed by atoms with van der Waals surface area (Å²) in [4.78, 5) is 2.35. The predicted octanol–water partition coefficient (Wildman–Crippen LogP) is 0.445. The zero-order valence-electron chi connectivity index (χ0n) is 10.4. The average molecular weight is 230 g/mol. The Hall–Kier alpha value is -0.160. The lowest BCUT2D eigenvalue weighted by molar-refractivity contribution is 0.0595. The second kappa shape index (κ2) is 8.01. The molecule has 0 amide bonds. The molecule has 1 saturated carbocycles. The van der Waals surface area contributed by atoms with Crippen LogP contribution in [0.3, 0.4) is 0 Å². The molecule has 2 atom stereocenters. The van der Waals surface area contributed by atoms with Gasteiger partial charge in [0.25, 0.3) is 0 Å². The van der Waals surface area contributed by atoms with Crippen molar-refractivity contribution < 1.29 is 9.84 Å². The van der Waals surface area contributed by atoms with Gasteiger partial charge in [0, 0.05) is 26.2 Å². The first kappa shape index (κ1) is 13.9. The topological polar surface area (TPSA) is 58.7 Å². The molecule has 0 aromatic carbocycles. The van der Waals surface area contributed by atoms with Crippen LogP contribution in [0, 0.1) is 5.92 Å². The second-order valence-electron chi connectivity index (χ2n) is 4.60. The summed E-state index contributed by atoms with van der Waals surface area (Å²) in [5, 5.41) is 9.11. The van der Waals surface area contributed by atoms with Crippen LogP contribution in [0.4, 0.5) is 0 Å². The SMILES string of the molecule is COCCN(CCO)C1CCCCC1CN. The van der Waals surface area contributed by atoms with Gasteiger partial charge in [0.2, 0.25) is 0 Å². The summed E-state index contributed by atoms with van der Waals surface area (Å²) in [6.45, 7) is 3.35. The quantitative estimate of drug-likeness (QED) is 0.666. The third-order valence-electron chi connectivity index (χ3n) is 3.61.